The van der Waals surface area contributed by atoms with Gasteiger partial charge in [-0.2, -0.15) is 4.31 Å². The number of ether oxygens (including phenoxy) is 2. The highest BCUT2D eigenvalue weighted by atomic mass is 32.2. The summed E-state index contributed by atoms with van der Waals surface area (Å²) < 4.78 is 57.6. The van der Waals surface area contributed by atoms with Crippen molar-refractivity contribution >= 4 is 37.9 Å². The van der Waals surface area contributed by atoms with E-state index >= 15 is 0 Å². The number of sulfonamides is 1. The quantitative estimate of drug-likeness (QED) is 0.342. The van der Waals surface area contributed by atoms with E-state index < -0.39 is 26.7 Å². The van der Waals surface area contributed by atoms with Gasteiger partial charge in [0.05, 0.1) is 18.8 Å². The average Bonchev–Trinajstić information content (AvgIpc) is 3.18. The number of benzene rings is 3. The van der Waals surface area contributed by atoms with Gasteiger partial charge >= 0.3 is 5.97 Å². The summed E-state index contributed by atoms with van der Waals surface area (Å²) in [6, 6.07) is 15.6. The lowest BCUT2D eigenvalue weighted by Gasteiger charge is -2.26. The number of esters is 1. The average molecular weight is 455 g/mol. The van der Waals surface area contributed by atoms with Crippen LogP contribution in [0.4, 0.5) is 4.39 Å². The minimum atomic E-state index is -4.11. The van der Waals surface area contributed by atoms with Gasteiger partial charge in [-0.05, 0) is 42.5 Å². The standard InChI is InChI=1S/C23H18FNO6S/c24-19-7-5-15(13-22(19)32(27,28)25-9-11-29-12-10-25)23(26)30-16-6-8-21-18(14-16)17-3-1-2-4-20(17)31-21/h1-8,13-14H,9-12H2. The van der Waals surface area contributed by atoms with E-state index in [4.69, 9.17) is 13.9 Å². The lowest BCUT2D eigenvalue weighted by atomic mass is 10.1. The number of carbonyl (C=O) groups is 1. The van der Waals surface area contributed by atoms with Gasteiger partial charge in [-0.25, -0.2) is 17.6 Å². The van der Waals surface area contributed by atoms with Gasteiger partial charge in [-0.15, -0.1) is 0 Å². The molecule has 0 bridgehead atoms. The van der Waals surface area contributed by atoms with Gasteiger partial charge in [-0.3, -0.25) is 0 Å². The van der Waals surface area contributed by atoms with Crippen molar-refractivity contribution < 1.29 is 31.5 Å². The number of para-hydroxylation sites is 1. The summed E-state index contributed by atoms with van der Waals surface area (Å²) in [5.41, 5.74) is 1.28. The zero-order valence-corrected chi connectivity index (χ0v) is 17.6. The summed E-state index contributed by atoms with van der Waals surface area (Å²) in [5, 5.41) is 1.65. The Kier molecular flexibility index (Phi) is 5.16. The van der Waals surface area contributed by atoms with Crippen LogP contribution in [-0.4, -0.2) is 45.0 Å². The van der Waals surface area contributed by atoms with Crippen LogP contribution in [0.3, 0.4) is 0 Å². The van der Waals surface area contributed by atoms with Gasteiger partial charge in [0.1, 0.15) is 27.6 Å². The Hall–Kier alpha value is -3.27. The lowest BCUT2D eigenvalue weighted by molar-refractivity contribution is 0.0726. The van der Waals surface area contributed by atoms with Crippen molar-refractivity contribution in [3.63, 3.8) is 0 Å². The van der Waals surface area contributed by atoms with Gasteiger partial charge in [-0.1, -0.05) is 18.2 Å². The Labute approximate surface area is 183 Å². The van der Waals surface area contributed by atoms with Crippen LogP contribution in [0.15, 0.2) is 70.0 Å². The highest BCUT2D eigenvalue weighted by Crippen LogP contribution is 2.31. The summed E-state index contributed by atoms with van der Waals surface area (Å²) in [6.07, 6.45) is 0. The predicted octanol–water partition coefficient (Wildman–Crippen LogP) is 3.97. The molecule has 1 saturated heterocycles. The first-order chi connectivity index (χ1) is 15.4. The van der Waals surface area contributed by atoms with Crippen LogP contribution >= 0.6 is 0 Å². The third-order valence-electron chi connectivity index (χ3n) is 5.31. The fourth-order valence-electron chi connectivity index (χ4n) is 3.69. The van der Waals surface area contributed by atoms with Crippen LogP contribution in [0.5, 0.6) is 5.75 Å². The minimum absolute atomic E-state index is 0.0737. The fourth-order valence-corrected chi connectivity index (χ4v) is 5.19. The molecule has 9 heteroatoms. The molecule has 0 unspecified atom stereocenters. The van der Waals surface area contributed by atoms with Crippen molar-refractivity contribution in [2.24, 2.45) is 0 Å². The molecule has 4 aromatic rings. The lowest BCUT2D eigenvalue weighted by Crippen LogP contribution is -2.41. The van der Waals surface area contributed by atoms with Crippen molar-refractivity contribution in [3.8, 4) is 5.75 Å². The van der Waals surface area contributed by atoms with Gasteiger partial charge < -0.3 is 13.9 Å². The maximum absolute atomic E-state index is 14.4. The molecular formula is C23H18FNO6S. The third kappa shape index (κ3) is 3.64. The highest BCUT2D eigenvalue weighted by molar-refractivity contribution is 7.89. The monoisotopic (exact) mass is 455 g/mol. The van der Waals surface area contributed by atoms with Crippen LogP contribution in [0, 0.1) is 5.82 Å². The topological polar surface area (TPSA) is 86.0 Å². The second-order valence-corrected chi connectivity index (χ2v) is 9.21. The molecule has 0 spiro atoms. The largest absolute Gasteiger partial charge is 0.456 e. The Bertz CT molecular complexity index is 1440. The van der Waals surface area contributed by atoms with E-state index in [1.54, 1.807) is 18.2 Å². The molecule has 1 fully saturated rings. The Morgan fingerprint density at radius 1 is 0.938 bits per heavy atom. The van der Waals surface area contributed by atoms with E-state index in [0.717, 1.165) is 27.2 Å². The SMILES string of the molecule is O=C(Oc1ccc2oc3ccccc3c2c1)c1ccc(F)c(S(=O)(=O)N2CCOCC2)c1. The molecule has 1 aliphatic rings. The summed E-state index contributed by atoms with van der Waals surface area (Å²) in [4.78, 5) is 12.2. The summed E-state index contributed by atoms with van der Waals surface area (Å²) in [6.45, 7) is 0.700. The van der Waals surface area contributed by atoms with Gasteiger partial charge in [0.15, 0.2) is 0 Å². The molecule has 0 saturated carbocycles. The van der Waals surface area contributed by atoms with E-state index in [1.807, 2.05) is 24.3 Å². The van der Waals surface area contributed by atoms with E-state index in [-0.39, 0.29) is 37.6 Å². The van der Waals surface area contributed by atoms with Gasteiger partial charge in [0.25, 0.3) is 0 Å². The fraction of sp³-hybridized carbons (Fsp3) is 0.174. The van der Waals surface area contributed by atoms with Crippen LogP contribution in [-0.2, 0) is 14.8 Å². The molecule has 0 aliphatic carbocycles. The number of hydrogen-bond donors (Lipinski definition) is 0. The number of carbonyl (C=O) groups excluding carboxylic acids is 1. The van der Waals surface area contributed by atoms with Gasteiger partial charge in [0.2, 0.25) is 10.0 Å². The number of rotatable bonds is 4. The molecule has 5 rings (SSSR count). The number of fused-ring (bicyclic) bond motifs is 3. The van der Waals surface area contributed by atoms with Crippen LogP contribution in [0.25, 0.3) is 21.9 Å². The van der Waals surface area contributed by atoms with E-state index in [9.17, 15) is 17.6 Å². The molecule has 2 heterocycles. The number of halogens is 1. The molecule has 7 nitrogen and oxygen atoms in total. The van der Waals surface area contributed by atoms with Gasteiger partial charge in [0, 0.05) is 23.9 Å². The van der Waals surface area contributed by atoms with Crippen molar-refractivity contribution in [2.75, 3.05) is 26.3 Å². The van der Waals surface area contributed by atoms with Crippen molar-refractivity contribution in [3.05, 3.63) is 72.0 Å². The zero-order valence-electron chi connectivity index (χ0n) is 16.8. The van der Waals surface area contributed by atoms with Crippen molar-refractivity contribution in [2.45, 2.75) is 4.90 Å². The van der Waals surface area contributed by atoms with Crippen LogP contribution in [0.1, 0.15) is 10.4 Å². The maximum atomic E-state index is 14.4. The molecular weight excluding hydrogens is 437 g/mol. The Balaban J connectivity index is 1.45. The van der Waals surface area contributed by atoms with Crippen molar-refractivity contribution in [1.82, 2.24) is 4.31 Å². The number of furan rings is 1. The minimum Gasteiger partial charge on any atom is -0.456 e. The Morgan fingerprint density at radius 3 is 2.50 bits per heavy atom. The molecule has 0 radical (unpaired) electrons. The van der Waals surface area contributed by atoms with E-state index in [1.165, 1.54) is 6.07 Å². The van der Waals surface area contributed by atoms with Crippen LogP contribution in [0.2, 0.25) is 0 Å². The molecule has 32 heavy (non-hydrogen) atoms. The molecule has 164 valence electrons. The first kappa shape index (κ1) is 20.6. The molecule has 0 atom stereocenters. The number of hydrogen-bond acceptors (Lipinski definition) is 6. The smallest absolute Gasteiger partial charge is 0.343 e. The van der Waals surface area contributed by atoms with E-state index in [0.29, 0.717) is 11.2 Å². The van der Waals surface area contributed by atoms with Crippen molar-refractivity contribution in [1.29, 1.82) is 0 Å². The predicted molar refractivity (Wildman–Crippen MR) is 115 cm³/mol. The molecule has 1 aromatic heterocycles. The summed E-state index contributed by atoms with van der Waals surface area (Å²) in [5.74, 6) is -1.47. The summed E-state index contributed by atoms with van der Waals surface area (Å²) >= 11 is 0. The maximum Gasteiger partial charge on any atom is 0.343 e. The summed E-state index contributed by atoms with van der Waals surface area (Å²) in [7, 11) is -4.11. The normalized spacial score (nSPS) is 15.3. The molecule has 0 N–H and O–H groups in total. The number of nitrogens with zero attached hydrogens (tertiary/aromatic N) is 1. The highest BCUT2D eigenvalue weighted by Gasteiger charge is 2.30. The second kappa shape index (κ2) is 8.01. The number of morpholine rings is 1. The Morgan fingerprint density at radius 2 is 1.69 bits per heavy atom. The molecule has 0 amide bonds. The zero-order chi connectivity index (χ0) is 22.3. The second-order valence-electron chi connectivity index (χ2n) is 7.31. The molecule has 1 aliphatic heterocycles. The molecule has 3 aromatic carbocycles. The van der Waals surface area contributed by atoms with E-state index in [2.05, 4.69) is 0 Å². The first-order valence-electron chi connectivity index (χ1n) is 9.94. The van der Waals surface area contributed by atoms with Crippen LogP contribution < -0.4 is 4.74 Å². The first-order valence-corrected chi connectivity index (χ1v) is 11.4. The third-order valence-corrected chi connectivity index (χ3v) is 7.23.